The van der Waals surface area contributed by atoms with E-state index in [2.05, 4.69) is 57.7 Å². The molecule has 0 saturated carbocycles. The molecule has 0 bridgehead atoms. The minimum Gasteiger partial charge on any atom is -0.315 e. The van der Waals surface area contributed by atoms with E-state index in [0.29, 0.717) is 12.3 Å². The summed E-state index contributed by atoms with van der Waals surface area (Å²) in [6.45, 7) is 14.9. The molecular weight excluding hydrogens is 368 g/mol. The first-order chi connectivity index (χ1) is 14.3. The summed E-state index contributed by atoms with van der Waals surface area (Å²) in [7, 11) is 1.93. The van der Waals surface area contributed by atoms with Gasteiger partial charge in [0.15, 0.2) is 0 Å². The fourth-order valence-corrected chi connectivity index (χ4v) is 4.88. The van der Waals surface area contributed by atoms with E-state index in [1.54, 1.807) is 0 Å². The Hall–Kier alpha value is -1.35. The van der Waals surface area contributed by atoms with Gasteiger partial charge in [0.05, 0.1) is 0 Å². The second kappa shape index (κ2) is 12.5. The highest BCUT2D eigenvalue weighted by Gasteiger charge is 2.24. The maximum Gasteiger partial charge on any atom is 0.226 e. The average molecular weight is 415 g/mol. The van der Waals surface area contributed by atoms with Gasteiger partial charge in [-0.3, -0.25) is 4.79 Å². The number of hydrogen-bond acceptors (Lipinski definition) is 2. The fraction of sp³-hybridized carbons (Fsp3) is 0.741. The summed E-state index contributed by atoms with van der Waals surface area (Å²) in [4.78, 5) is 17.0. The zero-order chi connectivity index (χ0) is 22.1. The van der Waals surface area contributed by atoms with Crippen LogP contribution in [0, 0.1) is 18.8 Å². The standard InChI is InChI=1S/C27H46N2O/c1-7-9-23(13-11-21(3)4)20-29-17-15-24(16-18-29)25-14-12-22(5)26(19-25)28(6)27(30)10-8-2/h12,14,19,21,23-24H,7-11,13,15-18,20H2,1-6H3. The molecule has 1 aromatic rings. The number of piperidine rings is 1. The number of likely N-dealkylation sites (tertiary alicyclic amines) is 1. The van der Waals surface area contributed by atoms with Crippen molar-refractivity contribution in [3.05, 3.63) is 29.3 Å². The van der Waals surface area contributed by atoms with Crippen molar-refractivity contribution in [3.63, 3.8) is 0 Å². The summed E-state index contributed by atoms with van der Waals surface area (Å²) in [6.07, 6.45) is 9.39. The fourth-order valence-electron chi connectivity index (χ4n) is 4.88. The first-order valence-corrected chi connectivity index (χ1v) is 12.4. The van der Waals surface area contributed by atoms with Crippen LogP contribution in [0.2, 0.25) is 0 Å². The summed E-state index contributed by atoms with van der Waals surface area (Å²) in [6, 6.07) is 6.78. The summed E-state index contributed by atoms with van der Waals surface area (Å²) in [5.74, 6) is 2.51. The number of hydrogen-bond donors (Lipinski definition) is 0. The molecule has 2 rings (SSSR count). The summed E-state index contributed by atoms with van der Waals surface area (Å²) < 4.78 is 0. The average Bonchev–Trinajstić information content (AvgIpc) is 2.73. The van der Waals surface area contributed by atoms with E-state index >= 15 is 0 Å². The van der Waals surface area contributed by atoms with Crippen LogP contribution in [0.4, 0.5) is 5.69 Å². The number of anilines is 1. The Labute approximate surface area is 186 Å². The minimum absolute atomic E-state index is 0.218. The summed E-state index contributed by atoms with van der Waals surface area (Å²) in [5, 5.41) is 0. The number of benzene rings is 1. The molecule has 170 valence electrons. The van der Waals surface area contributed by atoms with Gasteiger partial charge in [-0.1, -0.05) is 52.7 Å². The van der Waals surface area contributed by atoms with Crippen molar-refractivity contribution in [2.24, 2.45) is 11.8 Å². The quantitative estimate of drug-likeness (QED) is 0.398. The number of aryl methyl sites for hydroxylation is 1. The summed E-state index contributed by atoms with van der Waals surface area (Å²) >= 11 is 0. The third-order valence-electron chi connectivity index (χ3n) is 6.86. The monoisotopic (exact) mass is 414 g/mol. The van der Waals surface area contributed by atoms with Crippen LogP contribution in [0.5, 0.6) is 0 Å². The molecule has 1 heterocycles. The molecule has 1 unspecified atom stereocenters. The molecule has 0 spiro atoms. The van der Waals surface area contributed by atoms with Crippen LogP contribution in [-0.2, 0) is 4.79 Å². The molecule has 30 heavy (non-hydrogen) atoms. The molecule has 1 aliphatic heterocycles. The number of nitrogens with zero attached hydrogens (tertiary/aromatic N) is 2. The Morgan fingerprint density at radius 3 is 2.40 bits per heavy atom. The molecule has 3 nitrogen and oxygen atoms in total. The van der Waals surface area contributed by atoms with Gasteiger partial charge in [-0.2, -0.15) is 0 Å². The molecule has 0 N–H and O–H groups in total. The zero-order valence-electron chi connectivity index (χ0n) is 20.5. The minimum atomic E-state index is 0.218. The number of amides is 1. The highest BCUT2D eigenvalue weighted by Crippen LogP contribution is 2.33. The lowest BCUT2D eigenvalue weighted by molar-refractivity contribution is -0.118. The lowest BCUT2D eigenvalue weighted by Crippen LogP contribution is -2.36. The van der Waals surface area contributed by atoms with E-state index in [9.17, 15) is 4.79 Å². The molecule has 1 atom stereocenters. The molecule has 0 radical (unpaired) electrons. The predicted molar refractivity (Wildman–Crippen MR) is 130 cm³/mol. The van der Waals surface area contributed by atoms with Gasteiger partial charge in [0, 0.05) is 25.7 Å². The SMILES string of the molecule is CCCC(=O)N(C)c1cc(C2CCN(CC(CCC)CCC(C)C)CC2)ccc1C. The van der Waals surface area contributed by atoms with Crippen LogP contribution < -0.4 is 4.90 Å². The first-order valence-electron chi connectivity index (χ1n) is 12.4. The normalized spacial score (nSPS) is 16.8. The topological polar surface area (TPSA) is 23.6 Å². The largest absolute Gasteiger partial charge is 0.315 e. The van der Waals surface area contributed by atoms with Crippen molar-refractivity contribution in [1.82, 2.24) is 4.90 Å². The zero-order valence-corrected chi connectivity index (χ0v) is 20.5. The Morgan fingerprint density at radius 2 is 1.80 bits per heavy atom. The van der Waals surface area contributed by atoms with Crippen LogP contribution in [0.1, 0.15) is 96.1 Å². The van der Waals surface area contributed by atoms with Crippen molar-refractivity contribution in [2.45, 2.75) is 91.9 Å². The third kappa shape index (κ3) is 7.41. The Kier molecular flexibility index (Phi) is 10.4. The van der Waals surface area contributed by atoms with Gasteiger partial charge >= 0.3 is 0 Å². The van der Waals surface area contributed by atoms with Crippen molar-refractivity contribution >= 4 is 11.6 Å². The third-order valence-corrected chi connectivity index (χ3v) is 6.86. The van der Waals surface area contributed by atoms with Crippen molar-refractivity contribution < 1.29 is 4.79 Å². The summed E-state index contributed by atoms with van der Waals surface area (Å²) in [5.41, 5.74) is 3.69. The Morgan fingerprint density at radius 1 is 1.10 bits per heavy atom. The van der Waals surface area contributed by atoms with E-state index in [-0.39, 0.29) is 5.91 Å². The van der Waals surface area contributed by atoms with E-state index in [1.165, 1.54) is 69.3 Å². The second-order valence-corrected chi connectivity index (χ2v) is 9.95. The van der Waals surface area contributed by atoms with Crippen LogP contribution >= 0.6 is 0 Å². The van der Waals surface area contributed by atoms with E-state index in [0.717, 1.165) is 23.9 Å². The molecule has 1 aromatic carbocycles. The highest BCUT2D eigenvalue weighted by atomic mass is 16.2. The molecule has 1 fully saturated rings. The van der Waals surface area contributed by atoms with Crippen LogP contribution in [0.25, 0.3) is 0 Å². The Bertz CT molecular complexity index is 646. The van der Waals surface area contributed by atoms with Crippen LogP contribution in [-0.4, -0.2) is 37.5 Å². The van der Waals surface area contributed by atoms with Gasteiger partial charge in [0.25, 0.3) is 0 Å². The van der Waals surface area contributed by atoms with E-state index in [1.807, 2.05) is 11.9 Å². The van der Waals surface area contributed by atoms with Gasteiger partial charge in [-0.25, -0.2) is 0 Å². The number of carbonyl (C=O) groups is 1. The Balaban J connectivity index is 1.95. The van der Waals surface area contributed by atoms with Gasteiger partial charge in [0.1, 0.15) is 0 Å². The van der Waals surface area contributed by atoms with E-state index < -0.39 is 0 Å². The molecular formula is C27H46N2O. The van der Waals surface area contributed by atoms with Crippen molar-refractivity contribution in [1.29, 1.82) is 0 Å². The van der Waals surface area contributed by atoms with Crippen molar-refractivity contribution in [3.8, 4) is 0 Å². The van der Waals surface area contributed by atoms with Crippen LogP contribution in [0.3, 0.4) is 0 Å². The lowest BCUT2D eigenvalue weighted by atomic mass is 9.87. The first kappa shape index (κ1) is 24.9. The molecule has 0 aliphatic carbocycles. The smallest absolute Gasteiger partial charge is 0.226 e. The van der Waals surface area contributed by atoms with Gasteiger partial charge in [0.2, 0.25) is 5.91 Å². The van der Waals surface area contributed by atoms with Crippen LogP contribution in [0.15, 0.2) is 18.2 Å². The molecule has 0 aromatic heterocycles. The molecule has 1 aliphatic rings. The van der Waals surface area contributed by atoms with Gasteiger partial charge in [-0.05, 0) is 87.1 Å². The number of carbonyl (C=O) groups excluding carboxylic acids is 1. The van der Waals surface area contributed by atoms with Gasteiger partial charge < -0.3 is 9.80 Å². The van der Waals surface area contributed by atoms with Crippen molar-refractivity contribution in [2.75, 3.05) is 31.6 Å². The maximum atomic E-state index is 12.4. The number of rotatable bonds is 11. The second-order valence-electron chi connectivity index (χ2n) is 9.95. The lowest BCUT2D eigenvalue weighted by Gasteiger charge is -2.35. The predicted octanol–water partition coefficient (Wildman–Crippen LogP) is 6.79. The highest BCUT2D eigenvalue weighted by molar-refractivity contribution is 5.93. The van der Waals surface area contributed by atoms with Gasteiger partial charge in [-0.15, -0.1) is 0 Å². The molecule has 1 amide bonds. The molecule has 1 saturated heterocycles. The van der Waals surface area contributed by atoms with E-state index in [4.69, 9.17) is 0 Å². The molecule has 3 heteroatoms. The maximum absolute atomic E-state index is 12.4.